The fourth-order valence-corrected chi connectivity index (χ4v) is 4.36. The van der Waals surface area contributed by atoms with Crippen LogP contribution in [-0.2, 0) is 26.2 Å². The Balaban J connectivity index is 1.43. The molecular formula is C28H29N7O2. The van der Waals surface area contributed by atoms with Gasteiger partial charge in [-0.05, 0) is 88.3 Å². The van der Waals surface area contributed by atoms with E-state index in [9.17, 15) is 4.79 Å². The number of aromatic nitrogens is 6. The van der Waals surface area contributed by atoms with Crippen LogP contribution in [0.3, 0.4) is 0 Å². The number of H-pyrrole nitrogens is 1. The number of hydrogen-bond donors (Lipinski definition) is 1. The zero-order chi connectivity index (χ0) is 25.8. The molecule has 5 rings (SSSR count). The minimum absolute atomic E-state index is 0.0928. The fourth-order valence-electron chi connectivity index (χ4n) is 4.36. The first-order valence-electron chi connectivity index (χ1n) is 12.1. The van der Waals surface area contributed by atoms with Crippen LogP contribution in [0, 0.1) is 13.8 Å². The number of aromatic amines is 1. The Bertz CT molecular complexity index is 1560. The smallest absolute Gasteiger partial charge is 0.252 e. The second-order valence-corrected chi connectivity index (χ2v) is 9.25. The van der Waals surface area contributed by atoms with E-state index in [-0.39, 0.29) is 5.56 Å². The first-order valence-corrected chi connectivity index (χ1v) is 12.1. The predicted molar refractivity (Wildman–Crippen MR) is 141 cm³/mol. The Hall–Kier alpha value is -4.37. The van der Waals surface area contributed by atoms with Gasteiger partial charge >= 0.3 is 0 Å². The van der Waals surface area contributed by atoms with Gasteiger partial charge in [-0.15, -0.1) is 5.10 Å². The van der Waals surface area contributed by atoms with Crippen LogP contribution in [0.15, 0.2) is 71.8 Å². The van der Waals surface area contributed by atoms with Crippen LogP contribution in [-0.4, -0.2) is 42.2 Å². The number of ether oxygens (including phenoxy) is 1. The fraction of sp³-hybridized carbons (Fsp3) is 0.250. The largest absolute Gasteiger partial charge is 0.497 e. The molecular weight excluding hydrogens is 466 g/mol. The summed E-state index contributed by atoms with van der Waals surface area (Å²) in [5.41, 5.74) is 5.89. The van der Waals surface area contributed by atoms with Gasteiger partial charge < -0.3 is 9.72 Å². The molecule has 0 aliphatic rings. The van der Waals surface area contributed by atoms with Crippen molar-refractivity contribution in [3.8, 4) is 5.75 Å². The Morgan fingerprint density at radius 1 is 0.973 bits per heavy atom. The van der Waals surface area contributed by atoms with Gasteiger partial charge in [0.1, 0.15) is 5.75 Å². The van der Waals surface area contributed by atoms with Crippen molar-refractivity contribution < 1.29 is 4.74 Å². The van der Waals surface area contributed by atoms with E-state index in [0.29, 0.717) is 37.6 Å². The van der Waals surface area contributed by atoms with Crippen LogP contribution < -0.4 is 10.3 Å². The van der Waals surface area contributed by atoms with Crippen LogP contribution >= 0.6 is 0 Å². The molecule has 5 aromatic rings. The van der Waals surface area contributed by atoms with E-state index in [1.54, 1.807) is 18.0 Å². The minimum atomic E-state index is -0.0928. The first kappa shape index (κ1) is 24.3. The lowest BCUT2D eigenvalue weighted by Crippen LogP contribution is -2.28. The molecule has 0 bridgehead atoms. The van der Waals surface area contributed by atoms with Crippen molar-refractivity contribution in [2.75, 3.05) is 7.11 Å². The van der Waals surface area contributed by atoms with E-state index in [2.05, 4.69) is 43.4 Å². The molecule has 188 valence electrons. The van der Waals surface area contributed by atoms with Gasteiger partial charge in [-0.3, -0.25) is 14.7 Å². The third-order valence-corrected chi connectivity index (χ3v) is 6.52. The standard InChI is InChI=1S/C28H29N7O2/c1-19-11-23-13-24(28(36)30-26(23)12-20(19)2)17-34(15-22-5-4-10-29-14-22)18-27-31-32-33-35(27)16-21-6-8-25(37-3)9-7-21/h4-14H,15-18H2,1-3H3,(H,30,36). The molecule has 0 amide bonds. The Labute approximate surface area is 214 Å². The number of benzene rings is 2. The minimum Gasteiger partial charge on any atom is -0.497 e. The molecule has 3 aromatic heterocycles. The van der Waals surface area contributed by atoms with Gasteiger partial charge in [0.25, 0.3) is 5.56 Å². The Morgan fingerprint density at radius 3 is 2.54 bits per heavy atom. The maximum absolute atomic E-state index is 13.0. The van der Waals surface area contributed by atoms with Crippen molar-refractivity contribution in [2.24, 2.45) is 0 Å². The molecule has 0 saturated carbocycles. The zero-order valence-corrected chi connectivity index (χ0v) is 21.2. The molecule has 0 unspecified atom stereocenters. The van der Waals surface area contributed by atoms with Gasteiger partial charge in [-0.2, -0.15) is 0 Å². The van der Waals surface area contributed by atoms with Crippen LogP contribution in [0.25, 0.3) is 10.9 Å². The SMILES string of the molecule is COc1ccc(Cn2nnnc2CN(Cc2cccnc2)Cc2cc3cc(C)c(C)cc3[nH]c2=O)cc1. The number of hydrogen-bond acceptors (Lipinski definition) is 7. The Kier molecular flexibility index (Phi) is 7.04. The lowest BCUT2D eigenvalue weighted by Gasteiger charge is -2.22. The molecule has 0 spiro atoms. The third kappa shape index (κ3) is 5.73. The van der Waals surface area contributed by atoms with E-state index in [4.69, 9.17) is 4.74 Å². The second-order valence-electron chi connectivity index (χ2n) is 9.25. The molecule has 0 radical (unpaired) electrons. The van der Waals surface area contributed by atoms with E-state index in [1.807, 2.05) is 61.7 Å². The summed E-state index contributed by atoms with van der Waals surface area (Å²) >= 11 is 0. The van der Waals surface area contributed by atoms with E-state index in [0.717, 1.165) is 33.3 Å². The highest BCUT2D eigenvalue weighted by Crippen LogP contribution is 2.19. The Morgan fingerprint density at radius 2 is 1.78 bits per heavy atom. The molecule has 9 nitrogen and oxygen atoms in total. The van der Waals surface area contributed by atoms with Gasteiger partial charge in [0.2, 0.25) is 0 Å². The van der Waals surface area contributed by atoms with Crippen molar-refractivity contribution in [3.05, 3.63) is 111 Å². The molecule has 1 N–H and O–H groups in total. The van der Waals surface area contributed by atoms with Gasteiger partial charge in [0.15, 0.2) is 5.82 Å². The average molecular weight is 496 g/mol. The van der Waals surface area contributed by atoms with Crippen LogP contribution in [0.5, 0.6) is 5.75 Å². The number of pyridine rings is 2. The molecule has 37 heavy (non-hydrogen) atoms. The van der Waals surface area contributed by atoms with Crippen molar-refractivity contribution in [1.82, 2.24) is 35.1 Å². The summed E-state index contributed by atoms with van der Waals surface area (Å²) < 4.78 is 7.04. The summed E-state index contributed by atoms with van der Waals surface area (Å²) in [5.74, 6) is 1.51. The quantitative estimate of drug-likeness (QED) is 0.332. The van der Waals surface area contributed by atoms with Crippen molar-refractivity contribution >= 4 is 10.9 Å². The molecule has 2 aromatic carbocycles. The molecule has 3 heterocycles. The topological polar surface area (TPSA) is 102 Å². The highest BCUT2D eigenvalue weighted by atomic mass is 16.5. The molecule has 0 aliphatic heterocycles. The average Bonchev–Trinajstić information content (AvgIpc) is 3.33. The zero-order valence-electron chi connectivity index (χ0n) is 21.2. The molecule has 0 atom stereocenters. The number of nitrogens with one attached hydrogen (secondary N) is 1. The van der Waals surface area contributed by atoms with Crippen LogP contribution in [0.2, 0.25) is 0 Å². The van der Waals surface area contributed by atoms with Crippen molar-refractivity contribution in [1.29, 1.82) is 0 Å². The van der Waals surface area contributed by atoms with Gasteiger partial charge in [-0.25, -0.2) is 4.68 Å². The van der Waals surface area contributed by atoms with Gasteiger partial charge in [0.05, 0.1) is 20.2 Å². The molecule has 0 fully saturated rings. The summed E-state index contributed by atoms with van der Waals surface area (Å²) in [6, 6.07) is 17.9. The van der Waals surface area contributed by atoms with E-state index in [1.165, 1.54) is 5.56 Å². The highest BCUT2D eigenvalue weighted by molar-refractivity contribution is 5.80. The van der Waals surface area contributed by atoms with E-state index >= 15 is 0 Å². The predicted octanol–water partition coefficient (Wildman–Crippen LogP) is 3.79. The van der Waals surface area contributed by atoms with E-state index < -0.39 is 0 Å². The maximum atomic E-state index is 13.0. The lowest BCUT2D eigenvalue weighted by atomic mass is 10.0. The van der Waals surface area contributed by atoms with Crippen LogP contribution in [0.1, 0.15) is 33.6 Å². The van der Waals surface area contributed by atoms with Crippen LogP contribution in [0.4, 0.5) is 0 Å². The number of fused-ring (bicyclic) bond motifs is 1. The van der Waals surface area contributed by atoms with Gasteiger partial charge in [-0.1, -0.05) is 18.2 Å². The molecule has 9 heteroatoms. The van der Waals surface area contributed by atoms with Crippen molar-refractivity contribution in [2.45, 2.75) is 40.0 Å². The summed E-state index contributed by atoms with van der Waals surface area (Å²) in [6.07, 6.45) is 3.59. The highest BCUT2D eigenvalue weighted by Gasteiger charge is 2.16. The number of rotatable bonds is 9. The molecule has 0 aliphatic carbocycles. The monoisotopic (exact) mass is 495 g/mol. The summed E-state index contributed by atoms with van der Waals surface area (Å²) in [5, 5.41) is 13.5. The first-order chi connectivity index (χ1) is 18.0. The third-order valence-electron chi connectivity index (χ3n) is 6.52. The maximum Gasteiger partial charge on any atom is 0.252 e. The summed E-state index contributed by atoms with van der Waals surface area (Å²) in [6.45, 7) is 6.14. The number of tetrazole rings is 1. The summed E-state index contributed by atoms with van der Waals surface area (Å²) in [7, 11) is 1.65. The normalized spacial score (nSPS) is 11.4. The summed E-state index contributed by atoms with van der Waals surface area (Å²) in [4.78, 5) is 22.5. The van der Waals surface area contributed by atoms with Crippen molar-refractivity contribution in [3.63, 3.8) is 0 Å². The second kappa shape index (κ2) is 10.7. The number of methoxy groups -OCH3 is 1. The lowest BCUT2D eigenvalue weighted by molar-refractivity contribution is 0.235. The molecule has 0 saturated heterocycles. The van der Waals surface area contributed by atoms with Gasteiger partial charge in [0, 0.05) is 36.6 Å². The number of nitrogens with zero attached hydrogens (tertiary/aromatic N) is 6. The number of aryl methyl sites for hydroxylation is 2.